The first kappa shape index (κ1) is 9.90. The lowest BCUT2D eigenvalue weighted by Crippen LogP contribution is -1.87. The molecule has 1 N–H and O–H groups in total. The first-order chi connectivity index (χ1) is 6.27. The molecular formula is C11H16O2. The number of methoxy groups -OCH3 is 1. The van der Waals surface area contributed by atoms with E-state index in [2.05, 4.69) is 6.92 Å². The fraction of sp³-hybridized carbons (Fsp3) is 0.455. The predicted octanol–water partition coefficient (Wildman–Crippen LogP) is 2.74. The van der Waals surface area contributed by atoms with Gasteiger partial charge < -0.3 is 9.84 Å². The monoisotopic (exact) mass is 180 g/mol. The van der Waals surface area contributed by atoms with Gasteiger partial charge in [0.2, 0.25) is 0 Å². The summed E-state index contributed by atoms with van der Waals surface area (Å²) < 4.78 is 4.95. The van der Waals surface area contributed by atoms with Crippen LogP contribution < -0.4 is 4.74 Å². The normalized spacial score (nSPS) is 10.0. The second-order valence-electron chi connectivity index (χ2n) is 3.11. The Hall–Kier alpha value is -1.18. The zero-order valence-corrected chi connectivity index (χ0v) is 8.21. The highest BCUT2D eigenvalue weighted by molar-refractivity contribution is 5.41. The minimum Gasteiger partial charge on any atom is -0.504 e. The van der Waals surface area contributed by atoms with E-state index in [0.29, 0.717) is 5.75 Å². The molecule has 0 aromatic heterocycles. The van der Waals surface area contributed by atoms with E-state index in [1.165, 1.54) is 12.0 Å². The Kier molecular flexibility index (Phi) is 3.62. The number of hydrogen-bond acceptors (Lipinski definition) is 2. The third kappa shape index (κ3) is 2.65. The molecular weight excluding hydrogens is 164 g/mol. The van der Waals surface area contributed by atoms with E-state index in [4.69, 9.17) is 4.74 Å². The Morgan fingerprint density at radius 2 is 2.15 bits per heavy atom. The van der Waals surface area contributed by atoms with Crippen LogP contribution in [0.2, 0.25) is 0 Å². The molecule has 0 unspecified atom stereocenters. The van der Waals surface area contributed by atoms with E-state index in [1.807, 2.05) is 6.07 Å². The highest BCUT2D eigenvalue weighted by atomic mass is 16.5. The van der Waals surface area contributed by atoms with Gasteiger partial charge in [0, 0.05) is 0 Å². The molecule has 0 saturated carbocycles. The summed E-state index contributed by atoms with van der Waals surface area (Å²) in [6.07, 6.45) is 3.35. The van der Waals surface area contributed by atoms with E-state index in [0.717, 1.165) is 12.8 Å². The molecule has 72 valence electrons. The van der Waals surface area contributed by atoms with Gasteiger partial charge in [0.1, 0.15) is 0 Å². The van der Waals surface area contributed by atoms with Gasteiger partial charge in [-0.2, -0.15) is 0 Å². The molecule has 0 aliphatic heterocycles. The van der Waals surface area contributed by atoms with E-state index in [1.54, 1.807) is 19.2 Å². The molecule has 1 aromatic rings. The maximum absolute atomic E-state index is 9.47. The van der Waals surface area contributed by atoms with Crippen molar-refractivity contribution in [3.63, 3.8) is 0 Å². The van der Waals surface area contributed by atoms with Crippen molar-refractivity contribution in [1.82, 2.24) is 0 Å². The summed E-state index contributed by atoms with van der Waals surface area (Å²) in [7, 11) is 1.56. The van der Waals surface area contributed by atoms with Crippen LogP contribution >= 0.6 is 0 Å². The minimum absolute atomic E-state index is 0.233. The number of aromatic hydroxyl groups is 1. The maximum Gasteiger partial charge on any atom is 0.160 e. The van der Waals surface area contributed by atoms with E-state index >= 15 is 0 Å². The van der Waals surface area contributed by atoms with Gasteiger partial charge in [0.05, 0.1) is 7.11 Å². The molecule has 0 atom stereocenters. The van der Waals surface area contributed by atoms with Crippen molar-refractivity contribution in [3.05, 3.63) is 23.8 Å². The van der Waals surface area contributed by atoms with Gasteiger partial charge in [-0.15, -0.1) is 0 Å². The maximum atomic E-state index is 9.47. The highest BCUT2D eigenvalue weighted by Gasteiger charge is 2.01. The van der Waals surface area contributed by atoms with E-state index < -0.39 is 0 Å². The van der Waals surface area contributed by atoms with Crippen LogP contribution in [0.5, 0.6) is 11.5 Å². The molecule has 13 heavy (non-hydrogen) atoms. The molecule has 0 bridgehead atoms. The summed E-state index contributed by atoms with van der Waals surface area (Å²) in [6.45, 7) is 2.16. The van der Waals surface area contributed by atoms with Crippen molar-refractivity contribution in [2.24, 2.45) is 0 Å². The Balaban J connectivity index is 2.71. The number of benzene rings is 1. The van der Waals surface area contributed by atoms with E-state index in [9.17, 15) is 5.11 Å². The van der Waals surface area contributed by atoms with Crippen molar-refractivity contribution in [2.45, 2.75) is 26.2 Å². The van der Waals surface area contributed by atoms with Gasteiger partial charge >= 0.3 is 0 Å². The van der Waals surface area contributed by atoms with Crippen LogP contribution in [0.25, 0.3) is 0 Å². The molecule has 1 aromatic carbocycles. The Morgan fingerprint density at radius 3 is 2.69 bits per heavy atom. The average molecular weight is 180 g/mol. The Labute approximate surface area is 79.2 Å². The molecule has 2 heteroatoms. The lowest BCUT2D eigenvalue weighted by atomic mass is 10.1. The average Bonchev–Trinajstić information content (AvgIpc) is 2.15. The lowest BCUT2D eigenvalue weighted by Gasteiger charge is -2.05. The van der Waals surface area contributed by atoms with Crippen LogP contribution in [0.15, 0.2) is 18.2 Å². The van der Waals surface area contributed by atoms with Gasteiger partial charge in [0.25, 0.3) is 0 Å². The van der Waals surface area contributed by atoms with Crippen LogP contribution in [0.3, 0.4) is 0 Å². The number of hydrogen-bond donors (Lipinski definition) is 1. The number of rotatable bonds is 4. The number of ether oxygens (including phenoxy) is 1. The molecule has 0 fully saturated rings. The smallest absolute Gasteiger partial charge is 0.160 e. The van der Waals surface area contributed by atoms with Gasteiger partial charge in [-0.3, -0.25) is 0 Å². The summed E-state index contributed by atoms with van der Waals surface area (Å²) >= 11 is 0. The third-order valence-electron chi connectivity index (χ3n) is 2.06. The quantitative estimate of drug-likeness (QED) is 0.772. The molecule has 0 amide bonds. The van der Waals surface area contributed by atoms with Crippen LogP contribution in [0, 0.1) is 0 Å². The summed E-state index contributed by atoms with van der Waals surface area (Å²) in [4.78, 5) is 0. The number of aryl methyl sites for hydroxylation is 1. The van der Waals surface area contributed by atoms with Gasteiger partial charge in [-0.25, -0.2) is 0 Å². The second kappa shape index (κ2) is 4.75. The second-order valence-corrected chi connectivity index (χ2v) is 3.11. The first-order valence-corrected chi connectivity index (χ1v) is 4.63. The van der Waals surface area contributed by atoms with Crippen molar-refractivity contribution in [2.75, 3.05) is 7.11 Å². The topological polar surface area (TPSA) is 29.5 Å². The summed E-state index contributed by atoms with van der Waals surface area (Å²) in [5.41, 5.74) is 1.17. The van der Waals surface area contributed by atoms with Gasteiger partial charge in [-0.05, 0) is 30.5 Å². The van der Waals surface area contributed by atoms with E-state index in [-0.39, 0.29) is 5.75 Å². The number of unbranched alkanes of at least 4 members (excludes halogenated alkanes) is 1. The van der Waals surface area contributed by atoms with Crippen molar-refractivity contribution >= 4 is 0 Å². The van der Waals surface area contributed by atoms with Crippen molar-refractivity contribution in [3.8, 4) is 11.5 Å². The van der Waals surface area contributed by atoms with Crippen LogP contribution in [-0.2, 0) is 6.42 Å². The Morgan fingerprint density at radius 1 is 1.38 bits per heavy atom. The zero-order valence-electron chi connectivity index (χ0n) is 8.21. The SMILES string of the molecule is CCCCc1ccc(OC)c(O)c1. The molecule has 0 saturated heterocycles. The number of phenols is 1. The fourth-order valence-corrected chi connectivity index (χ4v) is 1.27. The zero-order chi connectivity index (χ0) is 9.68. The first-order valence-electron chi connectivity index (χ1n) is 4.63. The van der Waals surface area contributed by atoms with Gasteiger partial charge in [-0.1, -0.05) is 19.4 Å². The Bertz CT molecular complexity index is 269. The lowest BCUT2D eigenvalue weighted by molar-refractivity contribution is 0.373. The molecule has 2 nitrogen and oxygen atoms in total. The largest absolute Gasteiger partial charge is 0.504 e. The van der Waals surface area contributed by atoms with Crippen LogP contribution in [-0.4, -0.2) is 12.2 Å². The molecule has 1 rings (SSSR count). The van der Waals surface area contributed by atoms with Crippen molar-refractivity contribution in [1.29, 1.82) is 0 Å². The molecule has 0 aliphatic carbocycles. The predicted molar refractivity (Wildman–Crippen MR) is 53.3 cm³/mol. The minimum atomic E-state index is 0.233. The van der Waals surface area contributed by atoms with Crippen LogP contribution in [0.1, 0.15) is 25.3 Å². The van der Waals surface area contributed by atoms with Crippen LogP contribution in [0.4, 0.5) is 0 Å². The molecule has 0 spiro atoms. The highest BCUT2D eigenvalue weighted by Crippen LogP contribution is 2.26. The fourth-order valence-electron chi connectivity index (χ4n) is 1.27. The van der Waals surface area contributed by atoms with Crippen molar-refractivity contribution < 1.29 is 9.84 Å². The molecule has 0 aliphatic rings. The summed E-state index contributed by atoms with van der Waals surface area (Å²) in [5.74, 6) is 0.774. The third-order valence-corrected chi connectivity index (χ3v) is 2.06. The summed E-state index contributed by atoms with van der Waals surface area (Å²) in [5, 5.41) is 9.47. The molecule has 0 heterocycles. The molecule has 0 radical (unpaired) electrons. The standard InChI is InChI=1S/C11H16O2/c1-3-4-5-9-6-7-11(13-2)10(12)8-9/h6-8,12H,3-5H2,1-2H3. The number of phenolic OH excluding ortho intramolecular Hbond substituents is 1. The summed E-state index contributed by atoms with van der Waals surface area (Å²) in [6, 6.07) is 5.57. The van der Waals surface area contributed by atoms with Gasteiger partial charge in [0.15, 0.2) is 11.5 Å².